The molecular weight excluding hydrogens is 679 g/mol. The number of fused-ring (bicyclic) bond motifs is 3. The fraction of sp³-hybridized carbons (Fsp3) is 0.0943. The van der Waals surface area contributed by atoms with Crippen LogP contribution in [-0.2, 0) is 0 Å². The van der Waals surface area contributed by atoms with Crippen molar-refractivity contribution >= 4 is 23.1 Å². The zero-order chi connectivity index (χ0) is 37.3. The van der Waals surface area contributed by atoms with E-state index in [1.807, 2.05) is 0 Å². The molecule has 1 aliphatic heterocycles. The lowest BCUT2D eigenvalue weighted by molar-refractivity contribution is 0.490. The van der Waals surface area contributed by atoms with Gasteiger partial charge in [0.15, 0.2) is 0 Å². The van der Waals surface area contributed by atoms with Gasteiger partial charge in [-0.05, 0) is 75.1 Å². The summed E-state index contributed by atoms with van der Waals surface area (Å²) in [6.07, 6.45) is 11.2. The van der Waals surface area contributed by atoms with E-state index in [0.717, 1.165) is 41.2 Å². The molecule has 2 aliphatic carbocycles. The minimum Gasteiger partial charge on any atom is -0.363 e. The molecule has 268 valence electrons. The van der Waals surface area contributed by atoms with Crippen molar-refractivity contribution in [3.8, 4) is 33.5 Å². The monoisotopic (exact) mass is 719 g/mol. The highest BCUT2D eigenvalue weighted by atomic mass is 15.1. The number of nitrogens with one attached hydrogen (secondary N) is 1. The number of rotatable bonds is 7. The second kappa shape index (κ2) is 14.8. The standard InChI is InChI=1S/C53H41N3/c1-5-13-39(14-6-1)47-34-49(41-15-7-2-8-16-41)54-48-32-31-40-27-30-45(33-46(40)52(47)48)38-23-21-36(22-24-38)37-25-28-43(29-26-37)51-35-50(42-17-9-3-10-18-42)55-53(56-51)44-19-11-4-12-20-44/h1-26,28-34,40,50-51H,27,35H2,(H,55,56). The van der Waals surface area contributed by atoms with Gasteiger partial charge in [-0.2, -0.15) is 0 Å². The fourth-order valence-corrected chi connectivity index (χ4v) is 8.47. The second-order valence-electron chi connectivity index (χ2n) is 14.9. The number of hydrogen-bond donors (Lipinski definition) is 1. The highest BCUT2D eigenvalue weighted by Crippen LogP contribution is 2.45. The Morgan fingerprint density at radius 1 is 0.536 bits per heavy atom. The molecule has 0 fully saturated rings. The molecule has 3 unspecified atom stereocenters. The van der Waals surface area contributed by atoms with Gasteiger partial charge in [-0.25, -0.2) is 4.98 Å². The lowest BCUT2D eigenvalue weighted by atomic mass is 9.76. The molecule has 2 heterocycles. The zero-order valence-corrected chi connectivity index (χ0v) is 31.1. The summed E-state index contributed by atoms with van der Waals surface area (Å²) < 4.78 is 0. The average Bonchev–Trinajstić information content (AvgIpc) is 3.29. The highest BCUT2D eigenvalue weighted by Gasteiger charge is 2.28. The van der Waals surface area contributed by atoms with Gasteiger partial charge < -0.3 is 5.32 Å². The predicted molar refractivity (Wildman–Crippen MR) is 233 cm³/mol. The molecule has 0 bridgehead atoms. The Hall–Kier alpha value is -6.84. The number of benzene rings is 6. The van der Waals surface area contributed by atoms with Crippen molar-refractivity contribution in [3.63, 3.8) is 0 Å². The van der Waals surface area contributed by atoms with Gasteiger partial charge in [0.25, 0.3) is 0 Å². The number of allylic oxidation sites excluding steroid dienone is 5. The van der Waals surface area contributed by atoms with Crippen molar-refractivity contribution in [2.45, 2.75) is 24.9 Å². The number of hydrogen-bond acceptors (Lipinski definition) is 3. The van der Waals surface area contributed by atoms with Crippen molar-refractivity contribution in [3.05, 3.63) is 228 Å². The van der Waals surface area contributed by atoms with E-state index in [0.29, 0.717) is 5.92 Å². The van der Waals surface area contributed by atoms with Gasteiger partial charge in [-0.15, -0.1) is 0 Å². The molecule has 3 nitrogen and oxygen atoms in total. The number of amidine groups is 1. The number of pyridine rings is 1. The number of aromatic nitrogens is 1. The minimum absolute atomic E-state index is 0.0929. The van der Waals surface area contributed by atoms with Crippen LogP contribution in [0.3, 0.4) is 0 Å². The Kier molecular flexibility index (Phi) is 8.89. The molecule has 3 heteroatoms. The van der Waals surface area contributed by atoms with Crippen LogP contribution in [-0.4, -0.2) is 10.8 Å². The van der Waals surface area contributed by atoms with Crippen LogP contribution < -0.4 is 5.32 Å². The van der Waals surface area contributed by atoms with Gasteiger partial charge >= 0.3 is 0 Å². The molecule has 0 amide bonds. The maximum absolute atomic E-state index is 5.22. The molecule has 0 saturated carbocycles. The van der Waals surface area contributed by atoms with Crippen molar-refractivity contribution in [2.24, 2.45) is 10.9 Å². The highest BCUT2D eigenvalue weighted by molar-refractivity contribution is 6.00. The second-order valence-corrected chi connectivity index (χ2v) is 14.9. The molecule has 10 rings (SSSR count). The first kappa shape index (κ1) is 33.7. The topological polar surface area (TPSA) is 37.3 Å². The van der Waals surface area contributed by atoms with Crippen molar-refractivity contribution < 1.29 is 0 Å². The van der Waals surface area contributed by atoms with E-state index in [9.17, 15) is 0 Å². The van der Waals surface area contributed by atoms with Crippen molar-refractivity contribution in [2.75, 3.05) is 0 Å². The quantitative estimate of drug-likeness (QED) is 0.178. The third kappa shape index (κ3) is 6.62. The van der Waals surface area contributed by atoms with Crippen LogP contribution in [0.5, 0.6) is 0 Å². The molecule has 6 aromatic carbocycles. The number of aliphatic imine (C=N–C) groups is 1. The maximum Gasteiger partial charge on any atom is 0.129 e. The van der Waals surface area contributed by atoms with Crippen LogP contribution >= 0.6 is 0 Å². The largest absolute Gasteiger partial charge is 0.363 e. The summed E-state index contributed by atoms with van der Waals surface area (Å²) in [6, 6.07) is 63.1. The molecule has 1 aromatic heterocycles. The Bertz CT molecular complexity index is 2620. The van der Waals surface area contributed by atoms with Crippen molar-refractivity contribution in [1.29, 1.82) is 0 Å². The Labute approximate surface area is 329 Å². The Morgan fingerprint density at radius 3 is 1.80 bits per heavy atom. The first-order valence-corrected chi connectivity index (χ1v) is 19.7. The molecule has 0 radical (unpaired) electrons. The van der Waals surface area contributed by atoms with E-state index in [2.05, 4.69) is 206 Å². The van der Waals surface area contributed by atoms with E-state index in [-0.39, 0.29) is 12.1 Å². The zero-order valence-electron chi connectivity index (χ0n) is 31.1. The van der Waals surface area contributed by atoms with Crippen molar-refractivity contribution in [1.82, 2.24) is 10.3 Å². The normalized spacial score (nSPS) is 18.4. The third-order valence-electron chi connectivity index (χ3n) is 11.4. The lowest BCUT2D eigenvalue weighted by Gasteiger charge is -2.31. The van der Waals surface area contributed by atoms with E-state index in [1.54, 1.807) is 0 Å². The van der Waals surface area contributed by atoms with Crippen LogP contribution in [0.1, 0.15) is 58.4 Å². The molecule has 56 heavy (non-hydrogen) atoms. The molecule has 3 aliphatic rings. The van der Waals surface area contributed by atoms with E-state index in [1.165, 1.54) is 55.7 Å². The molecule has 1 N–H and O–H groups in total. The number of nitrogens with zero attached hydrogens (tertiary/aromatic N) is 2. The summed E-state index contributed by atoms with van der Waals surface area (Å²) in [5.41, 5.74) is 16.7. The van der Waals surface area contributed by atoms with Crippen LogP contribution in [0.2, 0.25) is 0 Å². The molecule has 3 atom stereocenters. The Morgan fingerprint density at radius 2 is 1.12 bits per heavy atom. The van der Waals surface area contributed by atoms with Gasteiger partial charge in [-0.3, -0.25) is 4.99 Å². The summed E-state index contributed by atoms with van der Waals surface area (Å²) in [5.74, 6) is 1.28. The average molecular weight is 720 g/mol. The lowest BCUT2D eigenvalue weighted by Crippen LogP contribution is -2.34. The molecule has 7 aromatic rings. The predicted octanol–water partition coefficient (Wildman–Crippen LogP) is 12.8. The summed E-state index contributed by atoms with van der Waals surface area (Å²) in [4.78, 5) is 10.4. The smallest absolute Gasteiger partial charge is 0.129 e. The van der Waals surface area contributed by atoms with Crippen LogP contribution in [0.15, 0.2) is 199 Å². The fourth-order valence-electron chi connectivity index (χ4n) is 8.47. The third-order valence-corrected chi connectivity index (χ3v) is 11.4. The first-order chi connectivity index (χ1) is 27.7. The van der Waals surface area contributed by atoms with Crippen LogP contribution in [0.4, 0.5) is 0 Å². The van der Waals surface area contributed by atoms with Gasteiger partial charge in [0.1, 0.15) is 5.84 Å². The first-order valence-electron chi connectivity index (χ1n) is 19.7. The van der Waals surface area contributed by atoms with E-state index >= 15 is 0 Å². The SMILES string of the molecule is C1=CC2CC=C(c3ccc(-c4ccc(C5CC(c6ccccc6)N=C(c6ccccc6)N5)cc4)cc3)C=C2c2c(-c3ccccc3)cc(-c3ccccc3)nc21. The summed E-state index contributed by atoms with van der Waals surface area (Å²) in [6.45, 7) is 0. The Balaban J connectivity index is 0.921. The maximum atomic E-state index is 5.22. The van der Waals surface area contributed by atoms with Crippen LogP contribution in [0, 0.1) is 5.92 Å². The summed E-state index contributed by atoms with van der Waals surface area (Å²) in [7, 11) is 0. The van der Waals surface area contributed by atoms with Gasteiger partial charge in [0.05, 0.1) is 23.5 Å². The van der Waals surface area contributed by atoms with Gasteiger partial charge in [-0.1, -0.05) is 188 Å². The van der Waals surface area contributed by atoms with Gasteiger partial charge in [0.2, 0.25) is 0 Å². The molecule has 0 saturated heterocycles. The van der Waals surface area contributed by atoms with E-state index < -0.39 is 0 Å². The van der Waals surface area contributed by atoms with Crippen LogP contribution in [0.25, 0.3) is 50.7 Å². The summed E-state index contributed by atoms with van der Waals surface area (Å²) >= 11 is 0. The summed E-state index contributed by atoms with van der Waals surface area (Å²) in [5, 5.41) is 3.77. The molecular formula is C53H41N3. The van der Waals surface area contributed by atoms with E-state index in [4.69, 9.17) is 9.98 Å². The van der Waals surface area contributed by atoms with Gasteiger partial charge in [0, 0.05) is 22.6 Å². The minimum atomic E-state index is 0.0929. The molecule has 0 spiro atoms.